The number of hydrogen-bond donors (Lipinski definition) is 1. The van der Waals surface area contributed by atoms with Crippen LogP contribution in [0.25, 0.3) is 0 Å². The van der Waals surface area contributed by atoms with E-state index in [2.05, 4.69) is 5.32 Å². The third kappa shape index (κ3) is 6.17. The van der Waals surface area contributed by atoms with Crippen molar-refractivity contribution < 1.29 is 17.9 Å². The predicted molar refractivity (Wildman–Crippen MR) is 109 cm³/mol. The van der Waals surface area contributed by atoms with Crippen LogP contribution in [0.4, 0.5) is 13.2 Å². The maximum atomic E-state index is 13.0. The number of alkyl halides is 3. The van der Waals surface area contributed by atoms with Crippen molar-refractivity contribution >= 4 is 0 Å². The van der Waals surface area contributed by atoms with E-state index < -0.39 is 11.7 Å². The first-order valence-corrected chi connectivity index (χ1v) is 9.63. The van der Waals surface area contributed by atoms with Crippen LogP contribution in [-0.2, 0) is 17.3 Å². The van der Waals surface area contributed by atoms with E-state index in [1.54, 1.807) is 6.07 Å². The largest absolute Gasteiger partial charge is 0.416 e. The Morgan fingerprint density at radius 3 is 1.86 bits per heavy atom. The van der Waals surface area contributed by atoms with Crippen LogP contribution in [0.1, 0.15) is 28.4 Å². The van der Waals surface area contributed by atoms with Crippen molar-refractivity contribution in [3.05, 3.63) is 107 Å². The molecule has 0 bridgehead atoms. The Labute approximate surface area is 169 Å². The van der Waals surface area contributed by atoms with Crippen LogP contribution < -0.4 is 5.32 Å². The molecule has 0 heterocycles. The molecular weight excluding hydrogens is 375 g/mol. The lowest BCUT2D eigenvalue weighted by atomic mass is 10.0. The summed E-state index contributed by atoms with van der Waals surface area (Å²) in [5, 5.41) is 3.18. The number of hydrogen-bond acceptors (Lipinski definition) is 2. The van der Waals surface area contributed by atoms with Crippen LogP contribution in [0.15, 0.2) is 84.9 Å². The highest BCUT2D eigenvalue weighted by Gasteiger charge is 2.32. The van der Waals surface area contributed by atoms with Crippen molar-refractivity contribution in [3.63, 3.8) is 0 Å². The molecule has 0 aromatic heterocycles. The van der Waals surface area contributed by atoms with Gasteiger partial charge in [0.1, 0.15) is 6.10 Å². The van der Waals surface area contributed by atoms with Crippen molar-refractivity contribution in [1.29, 1.82) is 0 Å². The smallest absolute Gasteiger partial charge is 0.367 e. The van der Waals surface area contributed by atoms with E-state index in [4.69, 9.17) is 4.74 Å². The highest BCUT2D eigenvalue weighted by molar-refractivity contribution is 5.30. The van der Waals surface area contributed by atoms with E-state index in [0.29, 0.717) is 31.7 Å². The molecule has 0 amide bonds. The molecule has 2 nitrogen and oxygen atoms in total. The Hall–Kier alpha value is -2.63. The van der Waals surface area contributed by atoms with Crippen LogP contribution in [0.5, 0.6) is 0 Å². The van der Waals surface area contributed by atoms with Gasteiger partial charge in [-0.1, -0.05) is 78.9 Å². The fraction of sp³-hybridized carbons (Fsp3) is 0.250. The van der Waals surface area contributed by atoms with Gasteiger partial charge in [-0.2, -0.15) is 13.2 Å². The highest BCUT2D eigenvalue weighted by Crippen LogP contribution is 2.32. The Bertz CT molecular complexity index is 827. The molecule has 3 aromatic carbocycles. The fourth-order valence-electron chi connectivity index (χ4n) is 3.25. The lowest BCUT2D eigenvalue weighted by Crippen LogP contribution is -2.24. The minimum Gasteiger partial charge on any atom is -0.367 e. The number of halogens is 3. The highest BCUT2D eigenvalue weighted by atomic mass is 19.4. The summed E-state index contributed by atoms with van der Waals surface area (Å²) in [4.78, 5) is 0. The van der Waals surface area contributed by atoms with Crippen LogP contribution in [0.3, 0.4) is 0 Å². The summed E-state index contributed by atoms with van der Waals surface area (Å²) in [5.41, 5.74) is 1.88. The third-order valence-corrected chi connectivity index (χ3v) is 4.66. The van der Waals surface area contributed by atoms with Gasteiger partial charge in [0.15, 0.2) is 0 Å². The minimum absolute atomic E-state index is 0.176. The van der Waals surface area contributed by atoms with Crippen molar-refractivity contribution in [3.8, 4) is 0 Å². The molecule has 3 rings (SSSR count). The third-order valence-electron chi connectivity index (χ3n) is 4.66. The molecule has 0 saturated carbocycles. The quantitative estimate of drug-likeness (QED) is 0.470. The summed E-state index contributed by atoms with van der Waals surface area (Å²) in [7, 11) is 0. The molecular formula is C24H24F3NO. The zero-order valence-corrected chi connectivity index (χ0v) is 16.0. The van der Waals surface area contributed by atoms with E-state index in [0.717, 1.165) is 17.2 Å². The van der Waals surface area contributed by atoms with Crippen LogP contribution in [0, 0.1) is 0 Å². The molecule has 0 fully saturated rings. The number of rotatable bonds is 9. The molecule has 0 radical (unpaired) electrons. The fourth-order valence-corrected chi connectivity index (χ4v) is 3.25. The molecule has 5 heteroatoms. The molecule has 0 aliphatic carbocycles. The molecule has 29 heavy (non-hydrogen) atoms. The lowest BCUT2D eigenvalue weighted by Gasteiger charge is -2.19. The van der Waals surface area contributed by atoms with Crippen molar-refractivity contribution in [2.75, 3.05) is 19.7 Å². The summed E-state index contributed by atoms with van der Waals surface area (Å²) in [5.74, 6) is 0. The van der Waals surface area contributed by atoms with Gasteiger partial charge in [-0.05, 0) is 35.7 Å². The maximum Gasteiger partial charge on any atom is 0.416 e. The maximum absolute atomic E-state index is 13.0. The molecule has 0 aliphatic heterocycles. The molecule has 0 unspecified atom stereocenters. The van der Waals surface area contributed by atoms with Crippen LogP contribution in [0.2, 0.25) is 0 Å². The van der Waals surface area contributed by atoms with Crippen molar-refractivity contribution in [2.45, 2.75) is 18.7 Å². The molecule has 0 spiro atoms. The van der Waals surface area contributed by atoms with Crippen LogP contribution >= 0.6 is 0 Å². The standard InChI is InChI=1S/C24H24F3NO/c25-24(26,27)22-14-8-7-9-19(22)15-16-28-17-18-29-23(20-10-3-1-4-11-20)21-12-5-2-6-13-21/h1-14,23,28H,15-18H2. The second-order valence-electron chi connectivity index (χ2n) is 6.73. The van der Waals surface area contributed by atoms with Gasteiger partial charge >= 0.3 is 6.18 Å². The first kappa shape index (κ1) is 21.1. The monoisotopic (exact) mass is 399 g/mol. The summed E-state index contributed by atoms with van der Waals surface area (Å²) in [6.07, 6.45) is -4.18. The molecule has 152 valence electrons. The summed E-state index contributed by atoms with van der Waals surface area (Å²) in [6.45, 7) is 1.47. The normalized spacial score (nSPS) is 11.7. The summed E-state index contributed by atoms with van der Waals surface area (Å²) in [6, 6.07) is 25.7. The zero-order chi connectivity index (χ0) is 20.5. The van der Waals surface area contributed by atoms with Gasteiger partial charge in [-0.15, -0.1) is 0 Å². The Kier molecular flexibility index (Phi) is 7.44. The minimum atomic E-state index is -4.32. The first-order valence-electron chi connectivity index (χ1n) is 9.63. The van der Waals surface area contributed by atoms with Crippen LogP contribution in [-0.4, -0.2) is 19.7 Å². The van der Waals surface area contributed by atoms with Gasteiger partial charge < -0.3 is 10.1 Å². The SMILES string of the molecule is FC(F)(F)c1ccccc1CCNCCOC(c1ccccc1)c1ccccc1. The second-order valence-corrected chi connectivity index (χ2v) is 6.73. The van der Waals surface area contributed by atoms with Gasteiger partial charge in [0, 0.05) is 6.54 Å². The topological polar surface area (TPSA) is 21.3 Å². The van der Waals surface area contributed by atoms with Gasteiger partial charge in [0.05, 0.1) is 12.2 Å². The number of benzene rings is 3. The summed E-state index contributed by atoms with van der Waals surface area (Å²) < 4.78 is 45.2. The molecule has 0 atom stereocenters. The van der Waals surface area contributed by atoms with E-state index in [1.165, 1.54) is 12.1 Å². The molecule has 0 aliphatic rings. The van der Waals surface area contributed by atoms with Gasteiger partial charge in [0.25, 0.3) is 0 Å². The van der Waals surface area contributed by atoms with Gasteiger partial charge in [-0.3, -0.25) is 0 Å². The predicted octanol–water partition coefficient (Wildman–Crippen LogP) is 5.64. The second kappa shape index (κ2) is 10.2. The average molecular weight is 399 g/mol. The van der Waals surface area contributed by atoms with Crippen molar-refractivity contribution in [2.24, 2.45) is 0 Å². The molecule has 3 aromatic rings. The lowest BCUT2D eigenvalue weighted by molar-refractivity contribution is -0.138. The van der Waals surface area contributed by atoms with E-state index in [1.807, 2.05) is 60.7 Å². The van der Waals surface area contributed by atoms with Crippen molar-refractivity contribution in [1.82, 2.24) is 5.32 Å². The van der Waals surface area contributed by atoms with Gasteiger partial charge in [-0.25, -0.2) is 0 Å². The Morgan fingerprint density at radius 2 is 1.28 bits per heavy atom. The zero-order valence-electron chi connectivity index (χ0n) is 16.0. The van der Waals surface area contributed by atoms with E-state index in [9.17, 15) is 13.2 Å². The number of nitrogens with one attached hydrogen (secondary N) is 1. The average Bonchev–Trinajstić information content (AvgIpc) is 2.74. The van der Waals surface area contributed by atoms with Gasteiger partial charge in [0.2, 0.25) is 0 Å². The molecule has 1 N–H and O–H groups in total. The number of ether oxygens (including phenoxy) is 1. The van der Waals surface area contributed by atoms with E-state index >= 15 is 0 Å². The van der Waals surface area contributed by atoms with E-state index in [-0.39, 0.29) is 6.10 Å². The molecule has 0 saturated heterocycles. The Morgan fingerprint density at radius 1 is 0.724 bits per heavy atom. The summed E-state index contributed by atoms with van der Waals surface area (Å²) >= 11 is 0. The first-order chi connectivity index (χ1) is 14.1. The Balaban J connectivity index is 1.50.